The van der Waals surface area contributed by atoms with E-state index in [1.807, 2.05) is 6.07 Å². The summed E-state index contributed by atoms with van der Waals surface area (Å²) in [5.74, 6) is 1.22. The van der Waals surface area contributed by atoms with Gasteiger partial charge in [-0.05, 0) is 62.1 Å². The Morgan fingerprint density at radius 2 is 1.90 bits per heavy atom. The van der Waals surface area contributed by atoms with Crippen molar-refractivity contribution in [3.8, 4) is 0 Å². The number of fused-ring (bicyclic) bond motifs is 2. The topological polar surface area (TPSA) is 171 Å². The lowest BCUT2D eigenvalue weighted by molar-refractivity contribution is -0.0640. The van der Waals surface area contributed by atoms with Gasteiger partial charge in [-0.25, -0.2) is 19.9 Å². The maximum Gasteiger partial charge on any atom is 0.167 e. The van der Waals surface area contributed by atoms with Gasteiger partial charge in [0.25, 0.3) is 0 Å². The fraction of sp³-hybridized carbons (Fsp3) is 0.600. The summed E-state index contributed by atoms with van der Waals surface area (Å²) in [7, 11) is 0. The molecule has 0 amide bonds. The molecule has 4 heterocycles. The lowest BCUT2D eigenvalue weighted by Crippen LogP contribution is -2.52. The second-order valence-electron chi connectivity index (χ2n) is 13.3. The number of hydrogen-bond acceptors (Lipinski definition) is 10. The minimum absolute atomic E-state index is 0.0389. The van der Waals surface area contributed by atoms with Crippen molar-refractivity contribution in [2.45, 2.75) is 102 Å². The van der Waals surface area contributed by atoms with E-state index in [9.17, 15) is 15.3 Å². The van der Waals surface area contributed by atoms with E-state index < -0.39 is 30.6 Å². The zero-order chi connectivity index (χ0) is 29.9. The Balaban J connectivity index is 1.08. The maximum atomic E-state index is 11.0. The average Bonchev–Trinajstić information content (AvgIpc) is 3.61. The number of aliphatic hydroxyl groups excluding tert-OH is 3. The van der Waals surface area contributed by atoms with Crippen molar-refractivity contribution in [2.75, 3.05) is 12.3 Å². The van der Waals surface area contributed by atoms with Gasteiger partial charge in [0.1, 0.15) is 42.1 Å². The van der Waals surface area contributed by atoms with Gasteiger partial charge in [0.15, 0.2) is 17.7 Å². The van der Waals surface area contributed by atoms with E-state index in [0.717, 1.165) is 23.9 Å². The number of nitrogens with two attached hydrogens (primary N) is 1. The predicted molar refractivity (Wildman–Crippen MR) is 158 cm³/mol. The summed E-state index contributed by atoms with van der Waals surface area (Å²) in [4.78, 5) is 22.8. The SMILES string of the molecule is CC(C)N(C[C@H]1O[C@@H](n2cnc3c(N)ncnc32)[C@H](O)[C@@H]1O)C1CC(C[C@H](O)c2nc3ccc(C(C)(C)C)cc3[nH]2)C1. The van der Waals surface area contributed by atoms with Gasteiger partial charge in [-0.1, -0.05) is 26.8 Å². The average molecular weight is 579 g/mol. The summed E-state index contributed by atoms with van der Waals surface area (Å²) >= 11 is 0. The molecule has 226 valence electrons. The molecule has 2 fully saturated rings. The monoisotopic (exact) mass is 578 g/mol. The van der Waals surface area contributed by atoms with Crippen molar-refractivity contribution in [1.29, 1.82) is 0 Å². The van der Waals surface area contributed by atoms with E-state index in [1.54, 1.807) is 4.57 Å². The van der Waals surface area contributed by atoms with Crippen LogP contribution >= 0.6 is 0 Å². The van der Waals surface area contributed by atoms with Crippen molar-refractivity contribution in [3.63, 3.8) is 0 Å². The number of nitrogen functional groups attached to an aromatic ring is 1. The van der Waals surface area contributed by atoms with E-state index in [4.69, 9.17) is 10.5 Å². The molecular formula is C30H42N8O4. The second-order valence-corrected chi connectivity index (χ2v) is 13.3. The van der Waals surface area contributed by atoms with Crippen molar-refractivity contribution < 1.29 is 20.1 Å². The predicted octanol–water partition coefficient (Wildman–Crippen LogP) is 2.81. The number of hydrogen-bond donors (Lipinski definition) is 5. The van der Waals surface area contributed by atoms with Crippen LogP contribution < -0.4 is 5.73 Å². The highest BCUT2D eigenvalue weighted by Gasteiger charge is 2.46. The van der Waals surface area contributed by atoms with Crippen LogP contribution in [0.1, 0.15) is 77.6 Å². The molecular weight excluding hydrogens is 536 g/mol. The van der Waals surface area contributed by atoms with Crippen molar-refractivity contribution in [3.05, 3.63) is 42.2 Å². The highest BCUT2D eigenvalue weighted by molar-refractivity contribution is 5.81. The van der Waals surface area contributed by atoms with E-state index in [0.29, 0.717) is 41.9 Å². The van der Waals surface area contributed by atoms with Crippen LogP contribution in [-0.4, -0.2) is 86.6 Å². The van der Waals surface area contributed by atoms with Crippen molar-refractivity contribution >= 4 is 28.0 Å². The lowest BCUT2D eigenvalue weighted by atomic mass is 9.75. The van der Waals surface area contributed by atoms with Crippen molar-refractivity contribution in [1.82, 2.24) is 34.4 Å². The van der Waals surface area contributed by atoms with Crippen LogP contribution in [0.15, 0.2) is 30.9 Å². The molecule has 1 aliphatic heterocycles. The number of rotatable bonds is 8. The first kappa shape index (κ1) is 28.9. The fourth-order valence-electron chi connectivity index (χ4n) is 6.40. The molecule has 1 aliphatic carbocycles. The van der Waals surface area contributed by atoms with Gasteiger partial charge in [-0.2, -0.15) is 0 Å². The first-order valence-electron chi connectivity index (χ1n) is 14.8. The molecule has 0 radical (unpaired) electrons. The number of H-pyrrole nitrogens is 1. The van der Waals surface area contributed by atoms with Crippen LogP contribution in [-0.2, 0) is 10.2 Å². The van der Waals surface area contributed by atoms with E-state index in [1.165, 1.54) is 18.2 Å². The van der Waals surface area contributed by atoms with E-state index in [2.05, 4.69) is 76.6 Å². The molecule has 0 unspecified atom stereocenters. The fourth-order valence-corrected chi connectivity index (χ4v) is 6.40. The van der Waals surface area contributed by atoms with Gasteiger partial charge < -0.3 is 30.8 Å². The zero-order valence-corrected chi connectivity index (χ0v) is 24.8. The summed E-state index contributed by atoms with van der Waals surface area (Å²) in [5, 5.41) is 32.8. The highest BCUT2D eigenvalue weighted by atomic mass is 16.6. The van der Waals surface area contributed by atoms with Gasteiger partial charge in [-0.15, -0.1) is 0 Å². The van der Waals surface area contributed by atoms with Gasteiger partial charge in [0.05, 0.1) is 17.4 Å². The number of aromatic nitrogens is 6. The standard InChI is InChI=1S/C30H42N8O4/c1-15(2)37(12-22-24(40)25(41)29(42-22)38-14-34-23-26(31)32-13-33-28(23)38)18-8-16(9-18)10-21(39)27-35-19-7-6-17(30(3,4)5)11-20(19)36-27/h6-7,11,13-16,18,21-22,24-25,29,39-41H,8-10,12H2,1-5H3,(H,35,36)(H2,31,32,33)/t16?,18?,21-,22+,24+,25+,29+/m0/s1. The number of benzene rings is 1. The number of aromatic amines is 1. The second kappa shape index (κ2) is 10.8. The van der Waals surface area contributed by atoms with Gasteiger partial charge >= 0.3 is 0 Å². The quantitative estimate of drug-likeness (QED) is 0.209. The Morgan fingerprint density at radius 1 is 1.14 bits per heavy atom. The van der Waals surface area contributed by atoms with Gasteiger partial charge in [0, 0.05) is 18.6 Å². The molecule has 0 bridgehead atoms. The Bertz CT molecular complexity index is 1560. The van der Waals surface area contributed by atoms with Crippen LogP contribution in [0.2, 0.25) is 0 Å². The lowest BCUT2D eigenvalue weighted by Gasteiger charge is -2.46. The largest absolute Gasteiger partial charge is 0.387 e. The molecule has 5 atom stereocenters. The molecule has 12 nitrogen and oxygen atoms in total. The molecule has 1 saturated heterocycles. The summed E-state index contributed by atoms with van der Waals surface area (Å²) in [6.07, 6.45) is 1.03. The summed E-state index contributed by atoms with van der Waals surface area (Å²) in [5.41, 5.74) is 9.86. The van der Waals surface area contributed by atoms with E-state index in [-0.39, 0.29) is 17.3 Å². The summed E-state index contributed by atoms with van der Waals surface area (Å²) in [6, 6.07) is 6.74. The normalized spacial score (nSPS) is 27.4. The van der Waals surface area contributed by atoms with Crippen molar-refractivity contribution in [2.24, 2.45) is 5.92 Å². The zero-order valence-electron chi connectivity index (χ0n) is 24.8. The minimum atomic E-state index is -1.15. The number of nitrogens with one attached hydrogen (secondary N) is 1. The Hall–Kier alpha value is -3.16. The molecule has 6 rings (SSSR count). The molecule has 12 heteroatoms. The number of nitrogens with zero attached hydrogens (tertiary/aromatic N) is 6. The van der Waals surface area contributed by atoms with Crippen LogP contribution in [0.25, 0.3) is 22.2 Å². The Kier molecular flexibility index (Phi) is 7.47. The highest BCUT2D eigenvalue weighted by Crippen LogP contribution is 2.40. The first-order chi connectivity index (χ1) is 19.9. The number of aliphatic hydroxyl groups is 3. The van der Waals surface area contributed by atoms with Crippen LogP contribution in [0.4, 0.5) is 5.82 Å². The molecule has 6 N–H and O–H groups in total. The molecule has 1 aromatic carbocycles. The third-order valence-corrected chi connectivity index (χ3v) is 8.97. The molecule has 3 aromatic heterocycles. The number of anilines is 1. The first-order valence-corrected chi connectivity index (χ1v) is 14.8. The van der Waals surface area contributed by atoms with Crippen LogP contribution in [0.5, 0.6) is 0 Å². The third kappa shape index (κ3) is 5.26. The molecule has 2 aliphatic rings. The van der Waals surface area contributed by atoms with Crippen LogP contribution in [0.3, 0.4) is 0 Å². The Labute approximate surface area is 245 Å². The summed E-state index contributed by atoms with van der Waals surface area (Å²) in [6.45, 7) is 11.3. The minimum Gasteiger partial charge on any atom is -0.387 e. The van der Waals surface area contributed by atoms with Gasteiger partial charge in [-0.3, -0.25) is 9.47 Å². The molecule has 1 saturated carbocycles. The summed E-state index contributed by atoms with van der Waals surface area (Å²) < 4.78 is 7.81. The number of ether oxygens (including phenoxy) is 1. The van der Waals surface area contributed by atoms with Crippen LogP contribution in [0, 0.1) is 5.92 Å². The Morgan fingerprint density at radius 3 is 2.62 bits per heavy atom. The maximum absolute atomic E-state index is 11.0. The third-order valence-electron chi connectivity index (χ3n) is 8.97. The van der Waals surface area contributed by atoms with E-state index >= 15 is 0 Å². The molecule has 0 spiro atoms. The van der Waals surface area contributed by atoms with Gasteiger partial charge in [0.2, 0.25) is 0 Å². The molecule has 4 aromatic rings. The molecule has 42 heavy (non-hydrogen) atoms. The number of imidazole rings is 2. The smallest absolute Gasteiger partial charge is 0.167 e.